The number of fused-ring (bicyclic) bond motifs is 1. The summed E-state index contributed by atoms with van der Waals surface area (Å²) in [5.74, 6) is 1.21. The molecule has 4 atom stereocenters. The molecule has 2 aliphatic heterocycles. The number of morpholine rings is 1. The lowest BCUT2D eigenvalue weighted by Crippen LogP contribution is -2.35. The zero-order chi connectivity index (χ0) is 14.2. The fourth-order valence-corrected chi connectivity index (χ4v) is 3.39. The molecule has 0 bridgehead atoms. The van der Waals surface area contributed by atoms with Crippen LogP contribution < -0.4 is 10.1 Å². The molecule has 2 aromatic rings. The van der Waals surface area contributed by atoms with Gasteiger partial charge in [-0.1, -0.05) is 42.5 Å². The largest absolute Gasteiger partial charge is 0.497 e. The van der Waals surface area contributed by atoms with Crippen molar-refractivity contribution >= 4 is 0 Å². The summed E-state index contributed by atoms with van der Waals surface area (Å²) in [7, 11) is 1.70. The minimum Gasteiger partial charge on any atom is -0.497 e. The normalized spacial score (nSPS) is 28.0. The van der Waals surface area contributed by atoms with E-state index in [1.807, 2.05) is 12.1 Å². The Labute approximate surface area is 124 Å². The van der Waals surface area contributed by atoms with Crippen LogP contribution in [0.15, 0.2) is 54.6 Å². The topological polar surface area (TPSA) is 33.8 Å². The maximum absolute atomic E-state index is 5.75. The van der Waals surface area contributed by atoms with Gasteiger partial charge in [-0.15, -0.1) is 0 Å². The van der Waals surface area contributed by atoms with Gasteiger partial charge in [0, 0.05) is 18.5 Å². The monoisotopic (exact) mass is 281 g/mol. The van der Waals surface area contributed by atoms with E-state index in [2.05, 4.69) is 47.8 Å². The van der Waals surface area contributed by atoms with Gasteiger partial charge in [-0.2, -0.15) is 0 Å². The first-order chi connectivity index (χ1) is 10.4. The van der Waals surface area contributed by atoms with Crippen LogP contribution in [0.3, 0.4) is 0 Å². The van der Waals surface area contributed by atoms with Crippen molar-refractivity contribution in [2.24, 2.45) is 0 Å². The van der Waals surface area contributed by atoms with Crippen LogP contribution in [0.25, 0.3) is 0 Å². The van der Waals surface area contributed by atoms with Gasteiger partial charge in [-0.05, 0) is 23.3 Å². The van der Waals surface area contributed by atoms with Gasteiger partial charge < -0.3 is 14.8 Å². The number of methoxy groups -OCH3 is 1. The Morgan fingerprint density at radius 2 is 1.76 bits per heavy atom. The van der Waals surface area contributed by atoms with Gasteiger partial charge >= 0.3 is 0 Å². The van der Waals surface area contributed by atoms with Crippen molar-refractivity contribution in [1.82, 2.24) is 5.32 Å². The highest BCUT2D eigenvalue weighted by Gasteiger charge is 2.53. The first kappa shape index (κ1) is 12.9. The van der Waals surface area contributed by atoms with Crippen LogP contribution >= 0.6 is 0 Å². The van der Waals surface area contributed by atoms with E-state index < -0.39 is 0 Å². The molecule has 4 rings (SSSR count). The Kier molecular flexibility index (Phi) is 3.17. The average Bonchev–Trinajstić information content (AvgIpc) is 3.23. The molecular formula is C18H19NO2. The van der Waals surface area contributed by atoms with Gasteiger partial charge in [-0.3, -0.25) is 0 Å². The second-order valence-corrected chi connectivity index (χ2v) is 5.73. The second-order valence-electron chi connectivity index (χ2n) is 5.73. The van der Waals surface area contributed by atoms with Crippen molar-refractivity contribution in [3.63, 3.8) is 0 Å². The van der Waals surface area contributed by atoms with Gasteiger partial charge in [0.05, 0.1) is 13.2 Å². The minimum absolute atomic E-state index is 0.314. The van der Waals surface area contributed by atoms with Crippen LogP contribution in [0, 0.1) is 0 Å². The van der Waals surface area contributed by atoms with Gasteiger partial charge in [0.15, 0.2) is 0 Å². The number of hydrogen-bond donors (Lipinski definition) is 1. The highest BCUT2D eigenvalue weighted by atomic mass is 16.6. The molecule has 2 aliphatic rings. The molecule has 0 radical (unpaired) electrons. The smallest absolute Gasteiger partial charge is 0.118 e. The number of hydrogen-bond acceptors (Lipinski definition) is 3. The van der Waals surface area contributed by atoms with E-state index in [1.54, 1.807) is 7.11 Å². The molecule has 0 aliphatic carbocycles. The minimum atomic E-state index is 0.314. The third-order valence-electron chi connectivity index (χ3n) is 4.52. The van der Waals surface area contributed by atoms with Crippen LogP contribution in [0.4, 0.5) is 0 Å². The summed E-state index contributed by atoms with van der Waals surface area (Å²) >= 11 is 0. The molecule has 2 aromatic carbocycles. The molecular weight excluding hydrogens is 262 g/mol. The second kappa shape index (κ2) is 5.17. The molecule has 0 amide bonds. The molecule has 108 valence electrons. The number of epoxide rings is 1. The molecule has 0 unspecified atom stereocenters. The van der Waals surface area contributed by atoms with Crippen LogP contribution in [-0.4, -0.2) is 31.9 Å². The van der Waals surface area contributed by atoms with Crippen LogP contribution in [0.5, 0.6) is 5.75 Å². The molecule has 21 heavy (non-hydrogen) atoms. The van der Waals surface area contributed by atoms with Crippen molar-refractivity contribution in [2.75, 3.05) is 13.7 Å². The highest BCUT2D eigenvalue weighted by Crippen LogP contribution is 2.40. The molecule has 3 heteroatoms. The van der Waals surface area contributed by atoms with Crippen LogP contribution in [0.2, 0.25) is 0 Å². The van der Waals surface area contributed by atoms with E-state index in [0.29, 0.717) is 24.2 Å². The quantitative estimate of drug-likeness (QED) is 0.875. The first-order valence-electron chi connectivity index (χ1n) is 7.44. The van der Waals surface area contributed by atoms with Crippen LogP contribution in [0.1, 0.15) is 17.0 Å². The van der Waals surface area contributed by atoms with Gasteiger partial charge in [0.25, 0.3) is 0 Å². The maximum Gasteiger partial charge on any atom is 0.118 e. The highest BCUT2D eigenvalue weighted by molar-refractivity contribution is 5.39. The molecule has 2 heterocycles. The summed E-state index contributed by atoms with van der Waals surface area (Å²) in [6.07, 6.45) is 0.775. The Hall–Kier alpha value is -1.84. The summed E-state index contributed by atoms with van der Waals surface area (Å²) in [5.41, 5.74) is 2.63. The predicted molar refractivity (Wildman–Crippen MR) is 81.7 cm³/mol. The van der Waals surface area contributed by atoms with Crippen LogP contribution in [-0.2, 0) is 4.74 Å². The van der Waals surface area contributed by atoms with Crippen molar-refractivity contribution in [1.29, 1.82) is 0 Å². The third kappa shape index (κ3) is 2.33. The third-order valence-corrected chi connectivity index (χ3v) is 4.52. The van der Waals surface area contributed by atoms with E-state index >= 15 is 0 Å². The summed E-state index contributed by atoms with van der Waals surface area (Å²) in [6.45, 7) is 0.967. The lowest BCUT2D eigenvalue weighted by atomic mass is 9.84. The molecule has 2 fully saturated rings. The van der Waals surface area contributed by atoms with E-state index in [-0.39, 0.29) is 0 Å². The van der Waals surface area contributed by atoms with Gasteiger partial charge in [0.2, 0.25) is 0 Å². The molecule has 0 spiro atoms. The number of nitrogens with one attached hydrogen (secondary N) is 1. The van der Waals surface area contributed by atoms with E-state index in [9.17, 15) is 0 Å². The number of benzene rings is 2. The summed E-state index contributed by atoms with van der Waals surface area (Å²) in [6, 6.07) is 19.4. The lowest BCUT2D eigenvalue weighted by Gasteiger charge is -2.26. The summed E-state index contributed by atoms with van der Waals surface area (Å²) in [5, 5.41) is 3.63. The molecule has 3 nitrogen and oxygen atoms in total. The van der Waals surface area contributed by atoms with Crippen molar-refractivity contribution in [3.05, 3.63) is 65.7 Å². The first-order valence-corrected chi connectivity index (χ1v) is 7.44. The average molecular weight is 281 g/mol. The zero-order valence-electron chi connectivity index (χ0n) is 12.0. The number of ether oxygens (including phenoxy) is 2. The van der Waals surface area contributed by atoms with Crippen molar-refractivity contribution < 1.29 is 9.47 Å². The summed E-state index contributed by atoms with van der Waals surface area (Å²) < 4.78 is 11.0. The maximum atomic E-state index is 5.75. The SMILES string of the molecule is COc1ccc([C@H](c2ccccc2)[C@@H]2NC[C@@H]3O[C@@H]23)cc1. The molecule has 1 N–H and O–H groups in total. The fraction of sp³-hybridized carbons (Fsp3) is 0.333. The fourth-order valence-electron chi connectivity index (χ4n) is 3.39. The Balaban J connectivity index is 1.71. The van der Waals surface area contributed by atoms with E-state index in [4.69, 9.17) is 9.47 Å². The van der Waals surface area contributed by atoms with E-state index in [1.165, 1.54) is 11.1 Å². The Morgan fingerprint density at radius 3 is 2.33 bits per heavy atom. The summed E-state index contributed by atoms with van der Waals surface area (Å²) in [4.78, 5) is 0. The standard InChI is InChI=1S/C18H19NO2/c1-20-14-9-7-13(8-10-14)16(12-5-3-2-4-6-12)17-18-15(21-18)11-19-17/h2-10,15-19H,11H2,1H3/t15-,16-,17-,18+/m0/s1. The molecule has 0 saturated carbocycles. The predicted octanol–water partition coefficient (Wildman–Crippen LogP) is 2.57. The molecule has 0 aromatic heterocycles. The number of rotatable bonds is 4. The van der Waals surface area contributed by atoms with Crippen molar-refractivity contribution in [2.45, 2.75) is 24.2 Å². The Bertz CT molecular complexity index is 611. The zero-order valence-corrected chi connectivity index (χ0v) is 12.0. The van der Waals surface area contributed by atoms with Gasteiger partial charge in [-0.25, -0.2) is 0 Å². The van der Waals surface area contributed by atoms with E-state index in [0.717, 1.165) is 12.3 Å². The molecule has 2 saturated heterocycles. The lowest BCUT2D eigenvalue weighted by molar-refractivity contribution is 0.277. The Morgan fingerprint density at radius 1 is 1.05 bits per heavy atom. The van der Waals surface area contributed by atoms with Gasteiger partial charge in [0.1, 0.15) is 11.9 Å². The van der Waals surface area contributed by atoms with Crippen molar-refractivity contribution in [3.8, 4) is 5.75 Å².